The fourth-order valence-electron chi connectivity index (χ4n) is 2.27. The van der Waals surface area contributed by atoms with Crippen molar-refractivity contribution < 1.29 is 0 Å². The number of hydrogen-bond acceptors (Lipinski definition) is 4. The molecule has 0 spiro atoms. The van der Waals surface area contributed by atoms with E-state index in [4.69, 9.17) is 11.5 Å². The minimum absolute atomic E-state index is 0.445. The molecule has 0 bridgehead atoms. The largest absolute Gasteiger partial charge is 0.383 e. The highest BCUT2D eigenvalue weighted by atomic mass is 15.2. The van der Waals surface area contributed by atoms with E-state index in [1.165, 1.54) is 32.1 Å². The summed E-state index contributed by atoms with van der Waals surface area (Å²) in [5, 5.41) is 7.34. The molecule has 0 amide bonds. The second-order valence-corrected chi connectivity index (χ2v) is 5.20. The number of rotatable bonds is 7. The van der Waals surface area contributed by atoms with Crippen molar-refractivity contribution in [3.05, 3.63) is 17.0 Å². The van der Waals surface area contributed by atoms with Crippen LogP contribution >= 0.6 is 0 Å². The fraction of sp³-hybridized carbons (Fsp3) is 0.571. The molecule has 0 unspecified atom stereocenters. The van der Waals surface area contributed by atoms with Gasteiger partial charge >= 0.3 is 0 Å². The molecule has 2 rings (SSSR count). The van der Waals surface area contributed by atoms with Gasteiger partial charge in [-0.05, 0) is 6.42 Å². The Bertz CT molecular complexity index is 559. The molecular weight excluding hydrogens is 266 g/mol. The highest BCUT2D eigenvalue weighted by Gasteiger charge is 2.10. The van der Waals surface area contributed by atoms with E-state index in [2.05, 4.69) is 32.5 Å². The van der Waals surface area contributed by atoms with Gasteiger partial charge in [-0.1, -0.05) is 39.0 Å². The lowest BCUT2D eigenvalue weighted by atomic mass is 10.1. The Kier molecular flexibility index (Phi) is 5.48. The molecule has 7 heteroatoms. The lowest BCUT2D eigenvalue weighted by Crippen LogP contribution is -2.39. The standard InChI is InChI=1S/C14H25N7/c1-2-3-4-5-6-7-8-17-14-20-12(15)10-11(13(16)21-14)19-9-18-10/h9H,2-8,15-16H2,1H3,(H,18,19)(H2,17,20,21). The Hall–Kier alpha value is -2.18. The van der Waals surface area contributed by atoms with Crippen molar-refractivity contribution in [2.45, 2.75) is 45.4 Å². The average Bonchev–Trinajstić information content (AvgIpc) is 2.92. The lowest BCUT2D eigenvalue weighted by molar-refractivity contribution is 0.612. The van der Waals surface area contributed by atoms with Crippen LogP contribution in [0, 0.1) is 0 Å². The van der Waals surface area contributed by atoms with E-state index >= 15 is 0 Å². The third-order valence-electron chi connectivity index (χ3n) is 3.45. The first kappa shape index (κ1) is 15.2. The fourth-order valence-corrected chi connectivity index (χ4v) is 2.27. The predicted molar refractivity (Wildman–Crippen MR) is 85.0 cm³/mol. The number of hydrogen-bond donors (Lipinski definition) is 5. The average molecular weight is 291 g/mol. The summed E-state index contributed by atoms with van der Waals surface area (Å²) in [5.41, 5.74) is 11.9. The maximum absolute atomic E-state index is 5.97. The Morgan fingerprint density at radius 2 is 1.76 bits per heavy atom. The normalized spacial score (nSPS) is 16.3. The van der Waals surface area contributed by atoms with Gasteiger partial charge in [0.25, 0.3) is 0 Å². The number of fused-ring (bicyclic) bond motifs is 1. The van der Waals surface area contributed by atoms with Crippen LogP contribution in [0.25, 0.3) is 11.6 Å². The van der Waals surface area contributed by atoms with Crippen LogP contribution in [-0.2, 0) is 0 Å². The van der Waals surface area contributed by atoms with Gasteiger partial charge in [0.05, 0.1) is 6.33 Å². The van der Waals surface area contributed by atoms with Gasteiger partial charge in [-0.25, -0.2) is 4.98 Å². The van der Waals surface area contributed by atoms with E-state index < -0.39 is 0 Å². The topological polar surface area (TPSA) is 117 Å². The SMILES string of the molecule is CCCCCCCCN=C1NC(N)=c2nc[nH]c2=C(N)N1. The molecule has 0 saturated carbocycles. The van der Waals surface area contributed by atoms with Gasteiger partial charge in [-0.3, -0.25) is 4.99 Å². The molecule has 0 atom stereocenters. The van der Waals surface area contributed by atoms with Gasteiger partial charge in [-0.2, -0.15) is 0 Å². The van der Waals surface area contributed by atoms with Crippen LogP contribution in [0.5, 0.6) is 0 Å². The van der Waals surface area contributed by atoms with Crippen molar-refractivity contribution in [3.63, 3.8) is 0 Å². The molecule has 21 heavy (non-hydrogen) atoms. The van der Waals surface area contributed by atoms with E-state index in [9.17, 15) is 0 Å². The van der Waals surface area contributed by atoms with Crippen LogP contribution in [0.2, 0.25) is 0 Å². The summed E-state index contributed by atoms with van der Waals surface area (Å²) < 4.78 is 0. The summed E-state index contributed by atoms with van der Waals surface area (Å²) in [4.78, 5) is 11.6. The Labute approximate surface area is 124 Å². The lowest BCUT2D eigenvalue weighted by Gasteiger charge is -2.09. The Morgan fingerprint density at radius 3 is 2.57 bits per heavy atom. The van der Waals surface area contributed by atoms with Gasteiger partial charge in [0, 0.05) is 6.54 Å². The second-order valence-electron chi connectivity index (χ2n) is 5.20. The number of nitrogens with zero attached hydrogens (tertiary/aromatic N) is 2. The molecule has 1 aliphatic rings. The van der Waals surface area contributed by atoms with E-state index in [-0.39, 0.29) is 0 Å². The number of nitrogens with two attached hydrogens (primary N) is 2. The number of nitrogens with one attached hydrogen (secondary N) is 3. The highest BCUT2D eigenvalue weighted by Crippen LogP contribution is 2.04. The summed E-state index contributed by atoms with van der Waals surface area (Å²) in [6.07, 6.45) is 9.01. The van der Waals surface area contributed by atoms with Crippen LogP contribution in [-0.4, -0.2) is 22.5 Å². The van der Waals surface area contributed by atoms with Crippen LogP contribution < -0.4 is 32.8 Å². The second kappa shape index (κ2) is 7.56. The summed E-state index contributed by atoms with van der Waals surface area (Å²) in [6, 6.07) is 0. The summed E-state index contributed by atoms with van der Waals surface area (Å²) in [7, 11) is 0. The summed E-state index contributed by atoms with van der Waals surface area (Å²) in [5.74, 6) is 1.49. The molecule has 1 aliphatic heterocycles. The van der Waals surface area contributed by atoms with E-state index in [0.717, 1.165) is 13.0 Å². The van der Waals surface area contributed by atoms with Crippen molar-refractivity contribution in [2.24, 2.45) is 16.5 Å². The molecule has 0 aromatic carbocycles. The monoisotopic (exact) mass is 291 g/mol. The van der Waals surface area contributed by atoms with Gasteiger partial charge in [0.15, 0.2) is 0 Å². The van der Waals surface area contributed by atoms with Crippen LogP contribution in [0.15, 0.2) is 11.3 Å². The van der Waals surface area contributed by atoms with Crippen molar-refractivity contribution >= 4 is 17.6 Å². The molecule has 0 aliphatic carbocycles. The van der Waals surface area contributed by atoms with Gasteiger partial charge in [-0.15, -0.1) is 0 Å². The van der Waals surface area contributed by atoms with Gasteiger partial charge in [0.1, 0.15) is 22.3 Å². The van der Waals surface area contributed by atoms with Crippen molar-refractivity contribution in [3.8, 4) is 0 Å². The molecule has 7 N–H and O–H groups in total. The van der Waals surface area contributed by atoms with Crippen LogP contribution in [0.3, 0.4) is 0 Å². The molecule has 7 nitrogen and oxygen atoms in total. The molecule has 1 aromatic rings. The first-order valence-electron chi connectivity index (χ1n) is 7.59. The van der Waals surface area contributed by atoms with Crippen molar-refractivity contribution in [1.29, 1.82) is 0 Å². The molecule has 0 fully saturated rings. The minimum Gasteiger partial charge on any atom is -0.383 e. The summed E-state index contributed by atoms with van der Waals surface area (Å²) in [6.45, 7) is 2.98. The maximum Gasteiger partial charge on any atom is 0.202 e. The zero-order chi connectivity index (χ0) is 15.1. The first-order chi connectivity index (χ1) is 10.2. The number of aromatic amines is 1. The number of guanidine groups is 1. The third kappa shape index (κ3) is 4.14. The van der Waals surface area contributed by atoms with Crippen molar-refractivity contribution in [1.82, 2.24) is 20.6 Å². The summed E-state index contributed by atoms with van der Waals surface area (Å²) >= 11 is 0. The zero-order valence-electron chi connectivity index (χ0n) is 12.6. The number of imidazole rings is 1. The Balaban J connectivity index is 1.89. The molecular formula is C14H25N7. The molecule has 1 aromatic heterocycles. The van der Waals surface area contributed by atoms with E-state index in [1.54, 1.807) is 6.33 Å². The number of unbranched alkanes of at least 4 members (excludes halogenated alkanes) is 5. The maximum atomic E-state index is 5.97. The highest BCUT2D eigenvalue weighted by molar-refractivity contribution is 5.90. The first-order valence-corrected chi connectivity index (χ1v) is 7.59. The third-order valence-corrected chi connectivity index (χ3v) is 3.45. The number of aromatic nitrogens is 2. The number of aliphatic imine (C=N–C) groups is 1. The van der Waals surface area contributed by atoms with Gasteiger partial charge < -0.3 is 27.1 Å². The minimum atomic E-state index is 0.445. The molecule has 116 valence electrons. The van der Waals surface area contributed by atoms with E-state index in [1.807, 2.05) is 0 Å². The molecule has 0 radical (unpaired) electrons. The van der Waals surface area contributed by atoms with Crippen LogP contribution in [0.1, 0.15) is 45.4 Å². The Morgan fingerprint density at radius 1 is 1.05 bits per heavy atom. The number of H-pyrrole nitrogens is 1. The zero-order valence-corrected chi connectivity index (χ0v) is 12.6. The van der Waals surface area contributed by atoms with Crippen molar-refractivity contribution in [2.75, 3.05) is 6.54 Å². The van der Waals surface area contributed by atoms with Crippen LogP contribution in [0.4, 0.5) is 0 Å². The van der Waals surface area contributed by atoms with E-state index in [0.29, 0.717) is 28.3 Å². The predicted octanol–water partition coefficient (Wildman–Crippen LogP) is -0.632. The smallest absolute Gasteiger partial charge is 0.202 e. The quantitative estimate of drug-likeness (QED) is 0.429. The molecule has 0 saturated heterocycles. The molecule has 2 heterocycles. The van der Waals surface area contributed by atoms with Gasteiger partial charge in [0.2, 0.25) is 5.96 Å².